The van der Waals surface area contributed by atoms with E-state index in [1.165, 1.54) is 17.7 Å². The molecule has 1 N–H and O–H groups in total. The van der Waals surface area contributed by atoms with E-state index in [1.54, 1.807) is 18.7 Å². The molecule has 3 heterocycles. The van der Waals surface area contributed by atoms with Crippen molar-refractivity contribution in [2.75, 3.05) is 12.0 Å². The van der Waals surface area contributed by atoms with Crippen molar-refractivity contribution < 1.29 is 4.74 Å². The molecule has 0 atom stereocenters. The summed E-state index contributed by atoms with van der Waals surface area (Å²) in [5.74, 6) is 1.27. The molecule has 8 nitrogen and oxygen atoms in total. The fourth-order valence-corrected chi connectivity index (χ4v) is 4.70. The minimum atomic E-state index is 0.497. The summed E-state index contributed by atoms with van der Waals surface area (Å²) in [5.41, 5.74) is 6.89. The summed E-state index contributed by atoms with van der Waals surface area (Å²) in [5, 5.41) is 14.2. The quantitative estimate of drug-likeness (QED) is 0.260. The maximum Gasteiger partial charge on any atom is 0.167 e. The van der Waals surface area contributed by atoms with Crippen molar-refractivity contribution in [1.82, 2.24) is 19.5 Å². The molecule has 0 saturated heterocycles. The van der Waals surface area contributed by atoms with Crippen molar-refractivity contribution in [3.8, 4) is 27.9 Å². The molecule has 0 aliphatic heterocycles. The first-order valence-corrected chi connectivity index (χ1v) is 11.4. The van der Waals surface area contributed by atoms with Crippen LogP contribution in [0.4, 0.5) is 5.82 Å². The molecule has 34 heavy (non-hydrogen) atoms. The number of rotatable bonds is 7. The van der Waals surface area contributed by atoms with Crippen LogP contribution in [0.3, 0.4) is 0 Å². The van der Waals surface area contributed by atoms with Gasteiger partial charge in [0.25, 0.3) is 0 Å². The van der Waals surface area contributed by atoms with E-state index in [2.05, 4.69) is 31.5 Å². The first-order valence-electron chi connectivity index (χ1n) is 10.6. The molecule has 0 saturated carbocycles. The van der Waals surface area contributed by atoms with Gasteiger partial charge in [-0.25, -0.2) is 15.0 Å². The average molecular weight is 466 g/mol. The molecule has 0 aliphatic carbocycles. The molecule has 0 unspecified atom stereocenters. The molecule has 2 aromatic carbocycles. The summed E-state index contributed by atoms with van der Waals surface area (Å²) < 4.78 is 8.47. The molecule has 3 aromatic heterocycles. The van der Waals surface area contributed by atoms with Crippen molar-refractivity contribution in [1.29, 1.82) is 5.26 Å². The van der Waals surface area contributed by atoms with E-state index in [0.717, 1.165) is 32.1 Å². The van der Waals surface area contributed by atoms with Crippen molar-refractivity contribution in [2.45, 2.75) is 6.92 Å². The lowest BCUT2D eigenvalue weighted by Gasteiger charge is -2.08. The first kappa shape index (κ1) is 21.3. The summed E-state index contributed by atoms with van der Waals surface area (Å²) in [6, 6.07) is 17.9. The Morgan fingerprint density at radius 3 is 2.79 bits per heavy atom. The van der Waals surface area contributed by atoms with Gasteiger partial charge in [0.05, 0.1) is 34.3 Å². The third-order valence-corrected chi connectivity index (χ3v) is 6.31. The van der Waals surface area contributed by atoms with Crippen LogP contribution in [0.1, 0.15) is 18.1 Å². The van der Waals surface area contributed by atoms with Gasteiger partial charge < -0.3 is 9.30 Å². The van der Waals surface area contributed by atoms with Gasteiger partial charge in [0, 0.05) is 23.6 Å². The average Bonchev–Trinajstić information content (AvgIpc) is 3.54. The molecule has 9 heteroatoms. The predicted molar refractivity (Wildman–Crippen MR) is 134 cm³/mol. The van der Waals surface area contributed by atoms with Gasteiger partial charge in [0.2, 0.25) is 0 Å². The zero-order valence-electron chi connectivity index (χ0n) is 18.2. The lowest BCUT2D eigenvalue weighted by Crippen LogP contribution is -1.95. The second kappa shape index (κ2) is 9.52. The molecule has 5 aromatic rings. The number of ether oxygens (including phenoxy) is 1. The van der Waals surface area contributed by atoms with Crippen LogP contribution in [-0.2, 0) is 0 Å². The number of anilines is 1. The maximum atomic E-state index is 9.89. The van der Waals surface area contributed by atoms with Crippen molar-refractivity contribution in [2.24, 2.45) is 5.10 Å². The SMILES string of the molecule is CCOc1ccccc1-c1sc2c(N/N=C/c3ccc(-n4ccnc4)cc3)ncnc2c1C#N. The number of aromatic nitrogens is 4. The fourth-order valence-electron chi connectivity index (χ4n) is 3.53. The van der Waals surface area contributed by atoms with Crippen LogP contribution >= 0.6 is 11.3 Å². The highest BCUT2D eigenvalue weighted by Gasteiger charge is 2.20. The van der Waals surface area contributed by atoms with Gasteiger partial charge >= 0.3 is 0 Å². The molecule has 0 fully saturated rings. The van der Waals surface area contributed by atoms with E-state index in [9.17, 15) is 5.26 Å². The Morgan fingerprint density at radius 1 is 1.18 bits per heavy atom. The van der Waals surface area contributed by atoms with Crippen molar-refractivity contribution in [3.63, 3.8) is 0 Å². The van der Waals surface area contributed by atoms with Gasteiger partial charge in [-0.05, 0) is 36.8 Å². The van der Waals surface area contributed by atoms with E-state index in [1.807, 2.05) is 66.2 Å². The lowest BCUT2D eigenvalue weighted by molar-refractivity contribution is 0.341. The van der Waals surface area contributed by atoms with Crippen molar-refractivity contribution >= 4 is 33.6 Å². The number of hydrogen-bond donors (Lipinski definition) is 1. The highest BCUT2D eigenvalue weighted by Crippen LogP contribution is 2.43. The summed E-state index contributed by atoms with van der Waals surface area (Å²) in [6.07, 6.45) is 8.54. The zero-order chi connectivity index (χ0) is 23.3. The van der Waals surface area contributed by atoms with E-state index in [-0.39, 0.29) is 0 Å². The molecule has 0 aliphatic rings. The highest BCUT2D eigenvalue weighted by atomic mass is 32.1. The molecule has 0 bridgehead atoms. The Hall–Kier alpha value is -4.55. The third-order valence-electron chi connectivity index (χ3n) is 5.09. The third kappa shape index (κ3) is 4.10. The minimum absolute atomic E-state index is 0.497. The van der Waals surface area contributed by atoms with Crippen LogP contribution in [0, 0.1) is 11.3 Å². The number of nitrogens with one attached hydrogen (secondary N) is 1. The highest BCUT2D eigenvalue weighted by molar-refractivity contribution is 7.23. The van der Waals surface area contributed by atoms with Crippen LogP contribution < -0.4 is 10.2 Å². The second-order valence-electron chi connectivity index (χ2n) is 7.18. The molecule has 0 amide bonds. The van der Waals surface area contributed by atoms with E-state index in [0.29, 0.717) is 23.5 Å². The standard InChI is InChI=1S/C25H19N7OS/c1-2-33-21-6-4-3-5-19(21)23-20(13-26)22-24(34-23)25(29-15-28-22)31-30-14-17-7-9-18(10-8-17)32-12-11-27-16-32/h3-12,14-16H,2H2,1H3,(H,28,29,31)/b30-14+. The van der Waals surface area contributed by atoms with Gasteiger partial charge in [0.1, 0.15) is 23.7 Å². The number of thiophene rings is 1. The zero-order valence-corrected chi connectivity index (χ0v) is 19.0. The fraction of sp³-hybridized carbons (Fsp3) is 0.0800. The Kier molecular flexibility index (Phi) is 5.97. The number of imidazole rings is 1. The summed E-state index contributed by atoms with van der Waals surface area (Å²) in [7, 11) is 0. The molecule has 0 spiro atoms. The number of nitrogens with zero attached hydrogens (tertiary/aromatic N) is 6. The normalized spacial score (nSPS) is 11.1. The Balaban J connectivity index is 1.44. The maximum absolute atomic E-state index is 9.89. The van der Waals surface area contributed by atoms with Crippen LogP contribution in [0.2, 0.25) is 0 Å². The summed E-state index contributed by atoms with van der Waals surface area (Å²) in [4.78, 5) is 13.6. The first-order chi connectivity index (χ1) is 16.8. The lowest BCUT2D eigenvalue weighted by atomic mass is 10.1. The van der Waals surface area contributed by atoms with Gasteiger partial charge in [-0.3, -0.25) is 5.43 Å². The second-order valence-corrected chi connectivity index (χ2v) is 8.20. The molecule has 5 rings (SSSR count). The number of hydrogen-bond acceptors (Lipinski definition) is 8. The van der Waals surface area contributed by atoms with Crippen LogP contribution in [0.15, 0.2) is 78.7 Å². The van der Waals surface area contributed by atoms with Crippen LogP contribution in [0.25, 0.3) is 26.3 Å². The molecule has 166 valence electrons. The Morgan fingerprint density at radius 2 is 2.03 bits per heavy atom. The Labute approximate surface area is 199 Å². The molecular weight excluding hydrogens is 446 g/mol. The number of fused-ring (bicyclic) bond motifs is 1. The minimum Gasteiger partial charge on any atom is -0.493 e. The van der Waals surface area contributed by atoms with E-state index >= 15 is 0 Å². The predicted octanol–water partition coefficient (Wildman–Crippen LogP) is 5.26. The number of benzene rings is 2. The van der Waals surface area contributed by atoms with Crippen LogP contribution in [-0.4, -0.2) is 32.3 Å². The van der Waals surface area contributed by atoms with Gasteiger partial charge in [0.15, 0.2) is 5.82 Å². The topological polar surface area (TPSA) is 101 Å². The summed E-state index contributed by atoms with van der Waals surface area (Å²) >= 11 is 1.44. The number of para-hydroxylation sites is 1. The largest absolute Gasteiger partial charge is 0.493 e. The number of nitriles is 1. The van der Waals surface area contributed by atoms with Gasteiger partial charge in [-0.1, -0.05) is 24.3 Å². The van der Waals surface area contributed by atoms with E-state index in [4.69, 9.17) is 4.74 Å². The smallest absolute Gasteiger partial charge is 0.167 e. The van der Waals surface area contributed by atoms with Gasteiger partial charge in [-0.15, -0.1) is 11.3 Å². The van der Waals surface area contributed by atoms with E-state index < -0.39 is 0 Å². The Bertz CT molecular complexity index is 1500. The van der Waals surface area contributed by atoms with Gasteiger partial charge in [-0.2, -0.15) is 10.4 Å². The summed E-state index contributed by atoms with van der Waals surface area (Å²) in [6.45, 7) is 2.47. The van der Waals surface area contributed by atoms with Crippen molar-refractivity contribution in [3.05, 3.63) is 84.7 Å². The molecular formula is C25H19N7OS. The van der Waals surface area contributed by atoms with Crippen LogP contribution in [0.5, 0.6) is 5.75 Å². The molecule has 0 radical (unpaired) electrons. The number of hydrazone groups is 1. The monoisotopic (exact) mass is 465 g/mol.